The fourth-order valence-electron chi connectivity index (χ4n) is 1.11. The minimum Gasteiger partial charge on any atom is -0.494 e. The maximum Gasteiger partial charge on any atom is 0.197 e. The Labute approximate surface area is 64.1 Å². The third kappa shape index (κ3) is 0.941. The standard InChI is InChI=1S/C8H8N2O/c11-8-6(3-5-10-8)7-2-1-4-9-7/h2-5,10-11H,1H2. The molecule has 1 aliphatic rings. The largest absolute Gasteiger partial charge is 0.494 e. The quantitative estimate of drug-likeness (QED) is 0.623. The Morgan fingerprint density at radius 2 is 2.45 bits per heavy atom. The second-order valence-electron chi connectivity index (χ2n) is 2.38. The van der Waals surface area contributed by atoms with Crippen LogP contribution >= 0.6 is 0 Å². The fraction of sp³-hybridized carbons (Fsp3) is 0.125. The van der Waals surface area contributed by atoms with Crippen molar-refractivity contribution in [3.8, 4) is 5.88 Å². The second kappa shape index (κ2) is 2.27. The Hall–Kier alpha value is -1.51. The Morgan fingerprint density at radius 3 is 3.00 bits per heavy atom. The average Bonchev–Trinajstić information content (AvgIpc) is 2.55. The number of nitrogens with one attached hydrogen (secondary N) is 1. The van der Waals surface area contributed by atoms with E-state index in [1.165, 1.54) is 0 Å². The smallest absolute Gasteiger partial charge is 0.197 e. The molecule has 0 aliphatic carbocycles. The summed E-state index contributed by atoms with van der Waals surface area (Å²) in [5.41, 5.74) is 1.63. The van der Waals surface area contributed by atoms with E-state index in [1.807, 2.05) is 18.4 Å². The highest BCUT2D eigenvalue weighted by molar-refractivity contribution is 5.82. The number of hydrogen-bond acceptors (Lipinski definition) is 2. The molecule has 0 unspecified atom stereocenters. The molecule has 3 nitrogen and oxygen atoms in total. The number of hydrogen-bond donors (Lipinski definition) is 2. The molecule has 2 heterocycles. The van der Waals surface area contributed by atoms with Gasteiger partial charge in [-0.25, -0.2) is 0 Å². The predicted molar refractivity (Wildman–Crippen MR) is 43.5 cm³/mol. The summed E-state index contributed by atoms with van der Waals surface area (Å²) in [5, 5.41) is 9.24. The summed E-state index contributed by atoms with van der Waals surface area (Å²) in [5.74, 6) is 0.190. The van der Waals surface area contributed by atoms with Crippen LogP contribution in [-0.2, 0) is 0 Å². The van der Waals surface area contributed by atoms with Crippen molar-refractivity contribution in [3.05, 3.63) is 23.9 Å². The molecule has 0 fully saturated rings. The molecule has 0 amide bonds. The van der Waals surface area contributed by atoms with Gasteiger partial charge in [0.1, 0.15) is 0 Å². The second-order valence-corrected chi connectivity index (χ2v) is 2.38. The summed E-state index contributed by atoms with van der Waals surface area (Å²) >= 11 is 0. The molecule has 2 N–H and O–H groups in total. The molecule has 0 saturated carbocycles. The Kier molecular flexibility index (Phi) is 1.28. The van der Waals surface area contributed by atoms with Crippen LogP contribution in [0.5, 0.6) is 5.88 Å². The molecule has 3 heteroatoms. The van der Waals surface area contributed by atoms with Gasteiger partial charge in [-0.1, -0.05) is 6.08 Å². The summed E-state index contributed by atoms with van der Waals surface area (Å²) in [4.78, 5) is 6.78. The molecule has 11 heavy (non-hydrogen) atoms. The summed E-state index contributed by atoms with van der Waals surface area (Å²) in [6.07, 6.45) is 6.35. The molecule has 1 aromatic heterocycles. The van der Waals surface area contributed by atoms with Crippen LogP contribution in [0, 0.1) is 0 Å². The average molecular weight is 148 g/mol. The van der Waals surface area contributed by atoms with Crippen LogP contribution in [0.2, 0.25) is 0 Å². The highest BCUT2D eigenvalue weighted by Crippen LogP contribution is 2.26. The van der Waals surface area contributed by atoms with E-state index >= 15 is 0 Å². The SMILES string of the molecule is Oc1[nH]ccc1C1=CCC=N1. The molecule has 0 bridgehead atoms. The van der Waals surface area contributed by atoms with E-state index in [9.17, 15) is 5.11 Å². The Bertz CT molecular complexity index is 323. The fourth-order valence-corrected chi connectivity index (χ4v) is 1.11. The van der Waals surface area contributed by atoms with Gasteiger partial charge >= 0.3 is 0 Å². The number of H-pyrrole nitrogens is 1. The number of aromatic amines is 1. The zero-order valence-electron chi connectivity index (χ0n) is 5.91. The van der Waals surface area contributed by atoms with Gasteiger partial charge in [0.05, 0.1) is 11.3 Å². The first kappa shape index (κ1) is 6.22. The van der Waals surface area contributed by atoms with Crippen LogP contribution in [0.4, 0.5) is 0 Å². The lowest BCUT2D eigenvalue weighted by atomic mass is 10.2. The van der Waals surface area contributed by atoms with Gasteiger partial charge in [0.15, 0.2) is 5.88 Å². The highest BCUT2D eigenvalue weighted by atomic mass is 16.3. The lowest BCUT2D eigenvalue weighted by Gasteiger charge is -1.93. The molecule has 0 saturated heterocycles. The van der Waals surface area contributed by atoms with E-state index in [0.29, 0.717) is 0 Å². The zero-order chi connectivity index (χ0) is 7.68. The Morgan fingerprint density at radius 1 is 1.55 bits per heavy atom. The van der Waals surface area contributed by atoms with E-state index in [4.69, 9.17) is 0 Å². The summed E-state index contributed by atoms with van der Waals surface area (Å²) in [6.45, 7) is 0. The molecule has 0 aromatic carbocycles. The van der Waals surface area contributed by atoms with Crippen molar-refractivity contribution in [3.63, 3.8) is 0 Å². The molecule has 0 atom stereocenters. The maximum absolute atomic E-state index is 9.24. The molecular formula is C8H8N2O. The van der Waals surface area contributed by atoms with Crippen LogP contribution < -0.4 is 0 Å². The zero-order valence-corrected chi connectivity index (χ0v) is 5.91. The Balaban J connectivity index is 2.43. The number of nitrogens with zero attached hydrogens (tertiary/aromatic N) is 1. The van der Waals surface area contributed by atoms with Crippen molar-refractivity contribution >= 4 is 11.9 Å². The number of allylic oxidation sites excluding steroid dienone is 1. The summed E-state index contributed by atoms with van der Waals surface area (Å²) < 4.78 is 0. The summed E-state index contributed by atoms with van der Waals surface area (Å²) in [6, 6.07) is 1.81. The molecule has 0 spiro atoms. The normalized spacial score (nSPS) is 15.5. The number of rotatable bonds is 1. The predicted octanol–water partition coefficient (Wildman–Crippen LogP) is 1.54. The van der Waals surface area contributed by atoms with Crippen molar-refractivity contribution in [2.24, 2.45) is 4.99 Å². The van der Waals surface area contributed by atoms with Crippen molar-refractivity contribution in [1.82, 2.24) is 4.98 Å². The van der Waals surface area contributed by atoms with Gasteiger partial charge in [-0.3, -0.25) is 4.99 Å². The maximum atomic E-state index is 9.24. The topological polar surface area (TPSA) is 48.4 Å². The van der Waals surface area contributed by atoms with Gasteiger partial charge < -0.3 is 10.1 Å². The van der Waals surface area contributed by atoms with Crippen LogP contribution in [0.3, 0.4) is 0 Å². The monoisotopic (exact) mass is 148 g/mol. The van der Waals surface area contributed by atoms with Gasteiger partial charge in [0.25, 0.3) is 0 Å². The lowest BCUT2D eigenvalue weighted by Crippen LogP contribution is -1.73. The van der Waals surface area contributed by atoms with Gasteiger partial charge in [-0.15, -0.1) is 0 Å². The van der Waals surface area contributed by atoms with Crippen LogP contribution in [0.25, 0.3) is 5.70 Å². The highest BCUT2D eigenvalue weighted by Gasteiger charge is 2.08. The van der Waals surface area contributed by atoms with E-state index in [-0.39, 0.29) is 5.88 Å². The molecule has 1 aromatic rings. The van der Waals surface area contributed by atoms with Crippen molar-refractivity contribution in [2.75, 3.05) is 0 Å². The van der Waals surface area contributed by atoms with Crippen LogP contribution in [0.1, 0.15) is 12.0 Å². The first-order valence-corrected chi connectivity index (χ1v) is 3.47. The van der Waals surface area contributed by atoms with Gasteiger partial charge in [-0.05, 0) is 6.07 Å². The number of aromatic hydroxyl groups is 1. The molecular weight excluding hydrogens is 140 g/mol. The minimum atomic E-state index is 0.190. The lowest BCUT2D eigenvalue weighted by molar-refractivity contribution is 0.455. The van der Waals surface area contributed by atoms with E-state index in [1.54, 1.807) is 6.20 Å². The van der Waals surface area contributed by atoms with Crippen molar-refractivity contribution in [2.45, 2.75) is 6.42 Å². The van der Waals surface area contributed by atoms with E-state index < -0.39 is 0 Å². The van der Waals surface area contributed by atoms with Gasteiger partial charge in [-0.2, -0.15) is 0 Å². The third-order valence-corrected chi connectivity index (χ3v) is 1.65. The van der Waals surface area contributed by atoms with E-state index in [0.717, 1.165) is 17.7 Å². The molecule has 0 radical (unpaired) electrons. The molecule has 1 aliphatic heterocycles. The van der Waals surface area contributed by atoms with Gasteiger partial charge in [0, 0.05) is 18.8 Å². The first-order valence-electron chi connectivity index (χ1n) is 3.47. The van der Waals surface area contributed by atoms with Crippen molar-refractivity contribution < 1.29 is 5.11 Å². The minimum absolute atomic E-state index is 0.190. The third-order valence-electron chi connectivity index (χ3n) is 1.65. The number of aliphatic imine (C=N–C) groups is 1. The summed E-state index contributed by atoms with van der Waals surface area (Å²) in [7, 11) is 0. The van der Waals surface area contributed by atoms with Gasteiger partial charge in [0.2, 0.25) is 0 Å². The molecule has 2 rings (SSSR count). The van der Waals surface area contributed by atoms with Crippen LogP contribution in [0.15, 0.2) is 23.3 Å². The van der Waals surface area contributed by atoms with E-state index in [2.05, 4.69) is 9.98 Å². The first-order chi connectivity index (χ1) is 5.38. The van der Waals surface area contributed by atoms with Crippen LogP contribution in [-0.4, -0.2) is 16.3 Å². The van der Waals surface area contributed by atoms with Crippen molar-refractivity contribution in [1.29, 1.82) is 0 Å². The molecule has 56 valence electrons. The number of aromatic nitrogens is 1.